The summed E-state index contributed by atoms with van der Waals surface area (Å²) in [4.78, 5) is 12.2. The number of hydrogen-bond acceptors (Lipinski definition) is 1. The second-order valence-electron chi connectivity index (χ2n) is 8.76. The van der Waals surface area contributed by atoms with E-state index in [4.69, 9.17) is 0 Å². The maximum Gasteiger partial charge on any atom is 0.243 e. The van der Waals surface area contributed by atoms with Crippen LogP contribution in [0.5, 0.6) is 0 Å². The lowest BCUT2D eigenvalue weighted by Gasteiger charge is -2.66. The fourth-order valence-electron chi connectivity index (χ4n) is 7.07. The molecule has 1 amide bonds. The predicted molar refractivity (Wildman–Crippen MR) is 84.7 cm³/mol. The molecule has 1 N–H and O–H groups in total. The molecule has 0 heterocycles. The number of nitrogens with one attached hydrogen (secondary N) is 1. The molecule has 2 heteroatoms. The minimum absolute atomic E-state index is 0.0690. The first-order valence-corrected chi connectivity index (χ1v) is 9.00. The van der Waals surface area contributed by atoms with E-state index in [-0.39, 0.29) is 11.4 Å². The highest BCUT2D eigenvalue weighted by Gasteiger charge is 2.63. The maximum absolute atomic E-state index is 12.2. The van der Waals surface area contributed by atoms with E-state index in [0.29, 0.717) is 5.41 Å². The molecule has 4 bridgehead atoms. The number of hydrogen-bond donors (Lipinski definition) is 1. The Morgan fingerprint density at radius 1 is 1.10 bits per heavy atom. The van der Waals surface area contributed by atoms with E-state index >= 15 is 0 Å². The van der Waals surface area contributed by atoms with Crippen molar-refractivity contribution in [3.8, 4) is 0 Å². The third kappa shape index (κ3) is 1.94. The molecule has 0 radical (unpaired) electrons. The SMILES string of the molecule is C=CC(=O)NC1(C2CCCC2)C2CC3CC1CC(C)(C3)C2. The van der Waals surface area contributed by atoms with E-state index in [1.54, 1.807) is 0 Å². The average Bonchev–Trinajstić information content (AvgIpc) is 2.95. The van der Waals surface area contributed by atoms with Crippen molar-refractivity contribution in [3.63, 3.8) is 0 Å². The molecule has 0 aromatic rings. The van der Waals surface area contributed by atoms with Crippen molar-refractivity contribution in [3.05, 3.63) is 12.7 Å². The third-order valence-electron chi connectivity index (χ3n) is 7.40. The summed E-state index contributed by atoms with van der Waals surface area (Å²) in [6.45, 7) is 6.21. The summed E-state index contributed by atoms with van der Waals surface area (Å²) >= 11 is 0. The van der Waals surface area contributed by atoms with Crippen LogP contribution in [-0.4, -0.2) is 11.4 Å². The predicted octanol–water partition coefficient (Wildman–Crippen LogP) is 4.06. The van der Waals surface area contributed by atoms with Gasteiger partial charge >= 0.3 is 0 Å². The molecule has 5 saturated carbocycles. The molecular weight excluding hydrogens is 258 g/mol. The van der Waals surface area contributed by atoms with Gasteiger partial charge in [0.15, 0.2) is 0 Å². The van der Waals surface area contributed by atoms with E-state index in [9.17, 15) is 4.79 Å². The molecule has 5 rings (SSSR count). The zero-order valence-corrected chi connectivity index (χ0v) is 13.4. The van der Waals surface area contributed by atoms with Gasteiger partial charge < -0.3 is 5.32 Å². The smallest absolute Gasteiger partial charge is 0.243 e. The molecule has 0 saturated heterocycles. The zero-order valence-electron chi connectivity index (χ0n) is 13.4. The standard InChI is InChI=1S/C19H29NO/c1-3-17(21)20-19(14-6-4-5-7-14)15-8-13-9-16(19)12-18(2,10-13)11-15/h3,13-16H,1,4-12H2,2H3,(H,20,21). The van der Waals surface area contributed by atoms with Crippen molar-refractivity contribution in [1.29, 1.82) is 0 Å². The van der Waals surface area contributed by atoms with Gasteiger partial charge in [-0.2, -0.15) is 0 Å². The van der Waals surface area contributed by atoms with Crippen molar-refractivity contribution < 1.29 is 4.79 Å². The summed E-state index contributed by atoms with van der Waals surface area (Å²) in [6.07, 6.45) is 13.7. The van der Waals surface area contributed by atoms with Gasteiger partial charge in [0.1, 0.15) is 0 Å². The normalized spacial score (nSPS) is 48.5. The van der Waals surface area contributed by atoms with Crippen LogP contribution >= 0.6 is 0 Å². The number of carbonyl (C=O) groups is 1. The van der Waals surface area contributed by atoms with Crippen LogP contribution in [0.1, 0.15) is 64.7 Å². The molecule has 2 nitrogen and oxygen atoms in total. The van der Waals surface area contributed by atoms with Crippen LogP contribution in [-0.2, 0) is 4.79 Å². The Hall–Kier alpha value is -0.790. The summed E-state index contributed by atoms with van der Waals surface area (Å²) in [5.41, 5.74) is 0.676. The fraction of sp³-hybridized carbons (Fsp3) is 0.842. The molecule has 116 valence electrons. The first-order chi connectivity index (χ1) is 10.1. The molecule has 21 heavy (non-hydrogen) atoms. The summed E-state index contributed by atoms with van der Waals surface area (Å²) < 4.78 is 0. The molecule has 0 aliphatic heterocycles. The van der Waals surface area contributed by atoms with Gasteiger partial charge in [0.25, 0.3) is 0 Å². The van der Waals surface area contributed by atoms with Gasteiger partial charge in [-0.15, -0.1) is 0 Å². The van der Waals surface area contributed by atoms with Gasteiger partial charge in [0.05, 0.1) is 0 Å². The molecule has 5 aliphatic rings. The van der Waals surface area contributed by atoms with Crippen molar-refractivity contribution in [1.82, 2.24) is 5.32 Å². The van der Waals surface area contributed by atoms with Gasteiger partial charge in [-0.25, -0.2) is 0 Å². The molecule has 0 spiro atoms. The zero-order chi connectivity index (χ0) is 14.7. The highest BCUT2D eigenvalue weighted by Crippen LogP contribution is 2.66. The number of amides is 1. The number of rotatable bonds is 3. The topological polar surface area (TPSA) is 29.1 Å². The Balaban J connectivity index is 1.72. The first kappa shape index (κ1) is 13.8. The Labute approximate surface area is 128 Å². The minimum atomic E-state index is 0.0690. The van der Waals surface area contributed by atoms with Crippen LogP contribution in [0.15, 0.2) is 12.7 Å². The van der Waals surface area contributed by atoms with E-state index in [2.05, 4.69) is 18.8 Å². The van der Waals surface area contributed by atoms with Crippen LogP contribution < -0.4 is 5.32 Å². The van der Waals surface area contributed by atoms with Crippen molar-refractivity contribution in [2.75, 3.05) is 0 Å². The van der Waals surface area contributed by atoms with Gasteiger partial charge in [-0.05, 0) is 80.1 Å². The quantitative estimate of drug-likeness (QED) is 0.779. The summed E-state index contributed by atoms with van der Waals surface area (Å²) in [5, 5.41) is 3.53. The van der Waals surface area contributed by atoms with Gasteiger partial charge in [0.2, 0.25) is 5.91 Å². The average molecular weight is 287 g/mol. The summed E-state index contributed by atoms with van der Waals surface area (Å²) in [5.74, 6) is 3.17. The van der Waals surface area contributed by atoms with E-state index in [1.807, 2.05) is 0 Å². The van der Waals surface area contributed by atoms with E-state index in [1.165, 1.54) is 63.9 Å². The lowest BCUT2D eigenvalue weighted by Crippen LogP contribution is -2.70. The molecule has 0 aromatic carbocycles. The second kappa shape index (κ2) is 4.60. The van der Waals surface area contributed by atoms with E-state index in [0.717, 1.165) is 23.7 Å². The molecular formula is C19H29NO. The second-order valence-corrected chi connectivity index (χ2v) is 8.76. The van der Waals surface area contributed by atoms with Crippen molar-refractivity contribution in [2.45, 2.75) is 70.3 Å². The number of carbonyl (C=O) groups excluding carboxylic acids is 1. The van der Waals surface area contributed by atoms with Crippen LogP contribution in [0, 0.1) is 29.1 Å². The van der Waals surface area contributed by atoms with Crippen molar-refractivity contribution >= 4 is 5.91 Å². The van der Waals surface area contributed by atoms with Gasteiger partial charge in [-0.3, -0.25) is 4.79 Å². The highest BCUT2D eigenvalue weighted by molar-refractivity contribution is 5.87. The lowest BCUT2D eigenvalue weighted by molar-refractivity contribution is -0.149. The summed E-state index contributed by atoms with van der Waals surface area (Å²) in [6, 6.07) is 0. The van der Waals surface area contributed by atoms with Crippen LogP contribution in [0.2, 0.25) is 0 Å². The fourth-order valence-corrected chi connectivity index (χ4v) is 7.07. The Bertz CT molecular complexity index is 446. The van der Waals surface area contributed by atoms with Crippen LogP contribution in [0.25, 0.3) is 0 Å². The molecule has 5 fully saturated rings. The monoisotopic (exact) mass is 287 g/mol. The van der Waals surface area contributed by atoms with E-state index < -0.39 is 0 Å². The largest absolute Gasteiger partial charge is 0.346 e. The highest BCUT2D eigenvalue weighted by atomic mass is 16.1. The summed E-state index contributed by atoms with van der Waals surface area (Å²) in [7, 11) is 0. The Kier molecular flexibility index (Phi) is 3.03. The molecule has 2 unspecified atom stereocenters. The van der Waals surface area contributed by atoms with Crippen molar-refractivity contribution in [2.24, 2.45) is 29.1 Å². The molecule has 2 atom stereocenters. The lowest BCUT2D eigenvalue weighted by atomic mass is 9.42. The maximum atomic E-state index is 12.2. The Morgan fingerprint density at radius 3 is 2.24 bits per heavy atom. The van der Waals surface area contributed by atoms with Gasteiger partial charge in [-0.1, -0.05) is 26.3 Å². The third-order valence-corrected chi connectivity index (χ3v) is 7.40. The van der Waals surface area contributed by atoms with Crippen LogP contribution in [0.4, 0.5) is 0 Å². The van der Waals surface area contributed by atoms with Crippen LogP contribution in [0.3, 0.4) is 0 Å². The Morgan fingerprint density at radius 2 is 1.71 bits per heavy atom. The minimum Gasteiger partial charge on any atom is -0.346 e. The van der Waals surface area contributed by atoms with Gasteiger partial charge in [0, 0.05) is 5.54 Å². The molecule has 5 aliphatic carbocycles. The molecule has 0 aromatic heterocycles. The first-order valence-electron chi connectivity index (χ1n) is 9.00.